The summed E-state index contributed by atoms with van der Waals surface area (Å²) in [7, 11) is 0. The van der Waals surface area contributed by atoms with Crippen molar-refractivity contribution in [3.8, 4) is 5.75 Å². The number of amides is 2. The van der Waals surface area contributed by atoms with Crippen molar-refractivity contribution in [1.82, 2.24) is 5.32 Å². The quantitative estimate of drug-likeness (QED) is 0.785. The lowest BCUT2D eigenvalue weighted by Gasteiger charge is -2.28. The van der Waals surface area contributed by atoms with Crippen molar-refractivity contribution in [1.29, 1.82) is 0 Å². The summed E-state index contributed by atoms with van der Waals surface area (Å²) < 4.78 is 11.3. The lowest BCUT2D eigenvalue weighted by Crippen LogP contribution is -2.47. The lowest BCUT2D eigenvalue weighted by molar-refractivity contribution is -0.120. The number of rotatable bonds is 6. The summed E-state index contributed by atoms with van der Waals surface area (Å²) in [6.07, 6.45) is 2.28. The molecule has 29 heavy (non-hydrogen) atoms. The second-order valence-corrected chi connectivity index (χ2v) is 7.24. The van der Waals surface area contributed by atoms with Crippen molar-refractivity contribution in [3.63, 3.8) is 0 Å². The fourth-order valence-electron chi connectivity index (χ4n) is 3.49. The summed E-state index contributed by atoms with van der Waals surface area (Å²) >= 11 is 0. The Labute approximate surface area is 170 Å². The summed E-state index contributed by atoms with van der Waals surface area (Å²) in [5.41, 5.74) is 2.23. The maximum absolute atomic E-state index is 12.5. The molecular formula is C22H25N3O4. The predicted molar refractivity (Wildman–Crippen MR) is 111 cm³/mol. The Hall–Kier alpha value is -3.06. The van der Waals surface area contributed by atoms with Gasteiger partial charge < -0.3 is 25.0 Å². The number of ether oxygens (including phenoxy) is 2. The Kier molecular flexibility index (Phi) is 5.95. The molecule has 0 aliphatic carbocycles. The molecule has 2 aromatic rings. The predicted octanol–water partition coefficient (Wildman–Crippen LogP) is 2.43. The summed E-state index contributed by atoms with van der Waals surface area (Å²) in [6.45, 7) is 3.12. The van der Waals surface area contributed by atoms with Gasteiger partial charge in [0.15, 0.2) is 0 Å². The summed E-state index contributed by atoms with van der Waals surface area (Å²) in [5, 5.41) is 5.71. The maximum Gasteiger partial charge on any atom is 0.255 e. The number of nitrogens with one attached hydrogen (secondary N) is 2. The molecule has 7 heteroatoms. The standard InChI is InChI=1S/C22H25N3O4/c26-21-14-25(12-11-23-21)18-7-5-17(6-8-18)24-22(27)16-3-9-19(10-4-16)29-15-20-2-1-13-28-20/h3-10,20H,1-2,11-15H2,(H,23,26)(H,24,27)/t20-/m0/s1. The van der Waals surface area contributed by atoms with E-state index in [0.717, 1.165) is 37.4 Å². The molecule has 2 aliphatic heterocycles. The van der Waals surface area contributed by atoms with Gasteiger partial charge in [0.05, 0.1) is 12.6 Å². The maximum atomic E-state index is 12.5. The van der Waals surface area contributed by atoms with Gasteiger partial charge >= 0.3 is 0 Å². The van der Waals surface area contributed by atoms with Gasteiger partial charge in [0.2, 0.25) is 5.91 Å². The van der Waals surface area contributed by atoms with Crippen LogP contribution in [-0.4, -0.2) is 50.8 Å². The minimum atomic E-state index is -0.180. The highest BCUT2D eigenvalue weighted by Crippen LogP contribution is 2.20. The number of carbonyl (C=O) groups excluding carboxylic acids is 2. The fraction of sp³-hybridized carbons (Fsp3) is 0.364. The first-order chi connectivity index (χ1) is 14.2. The molecule has 0 radical (unpaired) electrons. The second-order valence-electron chi connectivity index (χ2n) is 7.24. The molecule has 4 rings (SSSR count). The minimum Gasteiger partial charge on any atom is -0.491 e. The molecular weight excluding hydrogens is 370 g/mol. The highest BCUT2D eigenvalue weighted by atomic mass is 16.5. The first-order valence-electron chi connectivity index (χ1n) is 9.95. The van der Waals surface area contributed by atoms with E-state index in [9.17, 15) is 9.59 Å². The van der Waals surface area contributed by atoms with Crippen LogP contribution in [0.4, 0.5) is 11.4 Å². The number of hydrogen-bond acceptors (Lipinski definition) is 5. The molecule has 1 atom stereocenters. The van der Waals surface area contributed by atoms with Crippen LogP contribution in [0.3, 0.4) is 0 Å². The van der Waals surface area contributed by atoms with E-state index in [1.165, 1.54) is 0 Å². The van der Waals surface area contributed by atoms with Crippen LogP contribution < -0.4 is 20.3 Å². The molecule has 0 unspecified atom stereocenters. The molecule has 7 nitrogen and oxygen atoms in total. The van der Waals surface area contributed by atoms with E-state index < -0.39 is 0 Å². The Balaban J connectivity index is 1.30. The van der Waals surface area contributed by atoms with Crippen molar-refractivity contribution in [2.45, 2.75) is 18.9 Å². The van der Waals surface area contributed by atoms with Crippen LogP contribution in [0.25, 0.3) is 0 Å². The Morgan fingerprint density at radius 2 is 1.97 bits per heavy atom. The number of benzene rings is 2. The number of piperazine rings is 1. The second kappa shape index (κ2) is 8.96. The van der Waals surface area contributed by atoms with E-state index in [1.54, 1.807) is 24.3 Å². The lowest BCUT2D eigenvalue weighted by atomic mass is 10.2. The van der Waals surface area contributed by atoms with Gasteiger partial charge in [-0.05, 0) is 61.4 Å². The van der Waals surface area contributed by atoms with E-state index in [-0.39, 0.29) is 17.9 Å². The summed E-state index contributed by atoms with van der Waals surface area (Å²) in [4.78, 5) is 26.0. The van der Waals surface area contributed by atoms with E-state index in [4.69, 9.17) is 9.47 Å². The van der Waals surface area contributed by atoms with Crippen LogP contribution in [0.2, 0.25) is 0 Å². The molecule has 2 aliphatic rings. The molecule has 2 fully saturated rings. The van der Waals surface area contributed by atoms with Crippen molar-refractivity contribution in [2.75, 3.05) is 43.1 Å². The summed E-state index contributed by atoms with van der Waals surface area (Å²) in [6, 6.07) is 14.6. The Bertz CT molecular complexity index is 845. The van der Waals surface area contributed by atoms with Crippen LogP contribution in [0.5, 0.6) is 5.75 Å². The third-order valence-corrected chi connectivity index (χ3v) is 5.11. The molecule has 0 bridgehead atoms. The Morgan fingerprint density at radius 3 is 2.66 bits per heavy atom. The van der Waals surface area contributed by atoms with Crippen LogP contribution in [0, 0.1) is 0 Å². The van der Waals surface area contributed by atoms with E-state index >= 15 is 0 Å². The van der Waals surface area contributed by atoms with Crippen molar-refractivity contribution >= 4 is 23.2 Å². The number of anilines is 2. The van der Waals surface area contributed by atoms with Gasteiger partial charge in [0.1, 0.15) is 12.4 Å². The molecule has 2 aromatic carbocycles. The van der Waals surface area contributed by atoms with Crippen molar-refractivity contribution in [3.05, 3.63) is 54.1 Å². The van der Waals surface area contributed by atoms with Gasteiger partial charge in [0.25, 0.3) is 5.91 Å². The molecule has 2 saturated heterocycles. The largest absolute Gasteiger partial charge is 0.491 e. The molecule has 0 saturated carbocycles. The molecule has 152 valence electrons. The fourth-order valence-corrected chi connectivity index (χ4v) is 3.49. The Morgan fingerprint density at radius 1 is 1.17 bits per heavy atom. The average molecular weight is 395 g/mol. The number of hydrogen-bond donors (Lipinski definition) is 2. The van der Waals surface area contributed by atoms with Crippen LogP contribution >= 0.6 is 0 Å². The third-order valence-electron chi connectivity index (χ3n) is 5.11. The monoisotopic (exact) mass is 395 g/mol. The van der Waals surface area contributed by atoms with Gasteiger partial charge in [0, 0.05) is 36.6 Å². The van der Waals surface area contributed by atoms with E-state index in [0.29, 0.717) is 30.9 Å². The van der Waals surface area contributed by atoms with Crippen molar-refractivity contribution in [2.24, 2.45) is 0 Å². The van der Waals surface area contributed by atoms with Crippen LogP contribution in [0.15, 0.2) is 48.5 Å². The molecule has 0 spiro atoms. The normalized spacial score (nSPS) is 19.0. The zero-order chi connectivity index (χ0) is 20.1. The topological polar surface area (TPSA) is 79.9 Å². The van der Waals surface area contributed by atoms with Gasteiger partial charge in [-0.15, -0.1) is 0 Å². The molecule has 0 aromatic heterocycles. The SMILES string of the molecule is O=C1CN(c2ccc(NC(=O)c3ccc(OC[C@@H]4CCCO4)cc3)cc2)CCN1. The van der Waals surface area contributed by atoms with Crippen LogP contribution in [0.1, 0.15) is 23.2 Å². The van der Waals surface area contributed by atoms with Gasteiger partial charge in [-0.2, -0.15) is 0 Å². The van der Waals surface area contributed by atoms with E-state index in [1.807, 2.05) is 29.2 Å². The minimum absolute atomic E-state index is 0.0248. The molecule has 2 N–H and O–H groups in total. The molecule has 2 heterocycles. The van der Waals surface area contributed by atoms with Gasteiger partial charge in [-0.3, -0.25) is 9.59 Å². The molecule has 2 amide bonds. The third kappa shape index (κ3) is 5.06. The highest BCUT2D eigenvalue weighted by molar-refractivity contribution is 6.04. The number of nitrogens with zero attached hydrogens (tertiary/aromatic N) is 1. The zero-order valence-corrected chi connectivity index (χ0v) is 16.2. The van der Waals surface area contributed by atoms with Gasteiger partial charge in [-0.1, -0.05) is 0 Å². The smallest absolute Gasteiger partial charge is 0.255 e. The summed E-state index contributed by atoms with van der Waals surface area (Å²) in [5.74, 6) is 0.574. The van der Waals surface area contributed by atoms with Crippen LogP contribution in [-0.2, 0) is 9.53 Å². The number of carbonyl (C=O) groups is 2. The highest BCUT2D eigenvalue weighted by Gasteiger charge is 2.17. The average Bonchev–Trinajstić information content (AvgIpc) is 3.27. The first kappa shape index (κ1) is 19.3. The van der Waals surface area contributed by atoms with E-state index in [2.05, 4.69) is 10.6 Å². The van der Waals surface area contributed by atoms with Gasteiger partial charge in [-0.25, -0.2) is 0 Å². The zero-order valence-electron chi connectivity index (χ0n) is 16.2. The van der Waals surface area contributed by atoms with Crippen molar-refractivity contribution < 1.29 is 19.1 Å². The first-order valence-corrected chi connectivity index (χ1v) is 9.95.